The van der Waals surface area contributed by atoms with Crippen molar-refractivity contribution in [3.05, 3.63) is 0 Å². The third kappa shape index (κ3) is 4.20. The summed E-state index contributed by atoms with van der Waals surface area (Å²) in [5.74, 6) is -0.287. The number of rotatable bonds is 4. The first-order chi connectivity index (χ1) is 7.37. The molecule has 0 radical (unpaired) electrons. The van der Waals surface area contributed by atoms with Gasteiger partial charge in [-0.15, -0.1) is 11.6 Å². The van der Waals surface area contributed by atoms with Gasteiger partial charge in [0.05, 0.1) is 12.0 Å². The summed E-state index contributed by atoms with van der Waals surface area (Å²) in [5, 5.41) is 2.64. The fourth-order valence-corrected chi connectivity index (χ4v) is 2.29. The fraction of sp³-hybridized carbons (Fsp3) is 0.900. The molecule has 0 aromatic carbocycles. The fourth-order valence-electron chi connectivity index (χ4n) is 1.96. The van der Waals surface area contributed by atoms with E-state index in [9.17, 15) is 18.0 Å². The largest absolute Gasteiger partial charge is 0.389 e. The van der Waals surface area contributed by atoms with Gasteiger partial charge in [0.2, 0.25) is 5.91 Å². The summed E-state index contributed by atoms with van der Waals surface area (Å²) in [6.07, 6.45) is -2.42. The van der Waals surface area contributed by atoms with Crippen LogP contribution in [0.25, 0.3) is 0 Å². The summed E-state index contributed by atoms with van der Waals surface area (Å²) in [5.41, 5.74) is -0.468. The van der Waals surface area contributed by atoms with Crippen LogP contribution in [0.3, 0.4) is 0 Å². The van der Waals surface area contributed by atoms with Crippen LogP contribution in [-0.2, 0) is 4.79 Å². The lowest BCUT2D eigenvalue weighted by Gasteiger charge is -2.27. The first-order valence-corrected chi connectivity index (χ1v) is 5.84. The quantitative estimate of drug-likeness (QED) is 0.771. The average molecular weight is 258 g/mol. The normalized spacial score (nSPS) is 19.8. The van der Waals surface area contributed by atoms with E-state index < -0.39 is 30.5 Å². The Morgan fingerprint density at radius 2 is 1.88 bits per heavy atom. The molecule has 1 fully saturated rings. The van der Waals surface area contributed by atoms with Gasteiger partial charge in [-0.2, -0.15) is 13.2 Å². The number of nitrogens with one attached hydrogen (secondary N) is 1. The molecule has 0 bridgehead atoms. The number of hydrogen-bond donors (Lipinski definition) is 1. The van der Waals surface area contributed by atoms with Crippen molar-refractivity contribution < 1.29 is 18.0 Å². The molecule has 0 heterocycles. The second-order valence-electron chi connectivity index (χ2n) is 4.28. The van der Waals surface area contributed by atoms with E-state index in [0.717, 1.165) is 25.7 Å². The Hall–Kier alpha value is -0.450. The first kappa shape index (κ1) is 13.6. The minimum absolute atomic E-state index is 0.269. The molecule has 0 atom stereocenters. The van der Waals surface area contributed by atoms with E-state index in [1.54, 1.807) is 0 Å². The van der Waals surface area contributed by atoms with Crippen LogP contribution < -0.4 is 5.32 Å². The van der Waals surface area contributed by atoms with E-state index >= 15 is 0 Å². The van der Waals surface area contributed by atoms with Crippen molar-refractivity contribution in [3.8, 4) is 0 Å². The molecular formula is C10H15ClF3NO. The van der Waals surface area contributed by atoms with Gasteiger partial charge >= 0.3 is 6.18 Å². The van der Waals surface area contributed by atoms with E-state index in [2.05, 4.69) is 5.32 Å². The van der Waals surface area contributed by atoms with Crippen LogP contribution in [0.15, 0.2) is 0 Å². The Balaban J connectivity index is 2.38. The summed E-state index contributed by atoms with van der Waals surface area (Å²) >= 11 is 5.76. The van der Waals surface area contributed by atoms with Gasteiger partial charge in [-0.25, -0.2) is 0 Å². The molecule has 1 amide bonds. The van der Waals surface area contributed by atoms with Crippen LogP contribution in [-0.4, -0.2) is 23.5 Å². The van der Waals surface area contributed by atoms with Crippen molar-refractivity contribution in [2.24, 2.45) is 0 Å². The van der Waals surface area contributed by atoms with E-state index in [-0.39, 0.29) is 5.88 Å². The second-order valence-corrected chi connectivity index (χ2v) is 4.55. The zero-order chi connectivity index (χ0) is 12.2. The lowest BCUT2D eigenvalue weighted by atomic mass is 10.00. The van der Waals surface area contributed by atoms with Gasteiger partial charge in [0, 0.05) is 12.3 Å². The number of carbonyl (C=O) groups excluding carboxylic acids is 1. The Labute approximate surface area is 97.5 Å². The number of carbonyl (C=O) groups is 1. The highest BCUT2D eigenvalue weighted by Crippen LogP contribution is 2.31. The van der Waals surface area contributed by atoms with Crippen LogP contribution in [0, 0.1) is 0 Å². The summed E-state index contributed by atoms with van der Waals surface area (Å²) < 4.78 is 35.7. The van der Waals surface area contributed by atoms with Crippen LogP contribution >= 0.6 is 11.6 Å². The molecule has 1 rings (SSSR count). The Bertz CT molecular complexity index is 249. The Morgan fingerprint density at radius 3 is 2.31 bits per heavy atom. The van der Waals surface area contributed by atoms with Crippen molar-refractivity contribution >= 4 is 17.5 Å². The standard InChI is InChI=1S/C10H15ClF3NO/c11-7-9(4-1-2-5-9)15-8(16)3-6-10(12,13)14/h1-7H2,(H,15,16). The van der Waals surface area contributed by atoms with Gasteiger partial charge in [-0.3, -0.25) is 4.79 Å². The van der Waals surface area contributed by atoms with Gasteiger partial charge in [0.1, 0.15) is 0 Å². The van der Waals surface area contributed by atoms with Crippen molar-refractivity contribution in [1.82, 2.24) is 5.32 Å². The summed E-state index contributed by atoms with van der Waals surface area (Å²) in [6, 6.07) is 0. The molecule has 6 heteroatoms. The highest BCUT2D eigenvalue weighted by Gasteiger charge is 2.35. The smallest absolute Gasteiger partial charge is 0.349 e. The second kappa shape index (κ2) is 5.25. The third-order valence-electron chi connectivity index (χ3n) is 2.86. The highest BCUT2D eigenvalue weighted by atomic mass is 35.5. The van der Waals surface area contributed by atoms with Gasteiger partial charge < -0.3 is 5.32 Å². The molecule has 0 aromatic rings. The third-order valence-corrected chi connectivity index (χ3v) is 3.37. The number of amides is 1. The molecule has 1 aliphatic carbocycles. The van der Waals surface area contributed by atoms with Crippen molar-refractivity contribution in [2.75, 3.05) is 5.88 Å². The Kier molecular flexibility index (Phi) is 4.47. The van der Waals surface area contributed by atoms with Gasteiger partial charge in [-0.05, 0) is 12.8 Å². The zero-order valence-corrected chi connectivity index (χ0v) is 9.63. The maximum atomic E-state index is 11.9. The van der Waals surface area contributed by atoms with Crippen molar-refractivity contribution in [3.63, 3.8) is 0 Å². The van der Waals surface area contributed by atoms with Crippen LogP contribution in [0.1, 0.15) is 38.5 Å². The molecule has 94 valence electrons. The monoisotopic (exact) mass is 257 g/mol. The molecule has 1 saturated carbocycles. The van der Waals surface area contributed by atoms with Crippen LogP contribution in [0.4, 0.5) is 13.2 Å². The molecule has 16 heavy (non-hydrogen) atoms. The van der Waals surface area contributed by atoms with Gasteiger partial charge in [0.25, 0.3) is 0 Å². The summed E-state index contributed by atoms with van der Waals surface area (Å²) in [7, 11) is 0. The molecule has 1 aliphatic rings. The number of halogens is 4. The topological polar surface area (TPSA) is 29.1 Å². The van der Waals surface area contributed by atoms with E-state index in [4.69, 9.17) is 11.6 Å². The van der Waals surface area contributed by atoms with E-state index in [1.165, 1.54) is 0 Å². The minimum Gasteiger partial charge on any atom is -0.349 e. The molecule has 0 aliphatic heterocycles. The molecule has 0 saturated heterocycles. The molecule has 1 N–H and O–H groups in total. The Morgan fingerprint density at radius 1 is 1.31 bits per heavy atom. The molecule has 2 nitrogen and oxygen atoms in total. The number of hydrogen-bond acceptors (Lipinski definition) is 1. The first-order valence-electron chi connectivity index (χ1n) is 5.31. The van der Waals surface area contributed by atoms with Gasteiger partial charge in [-0.1, -0.05) is 12.8 Å². The average Bonchev–Trinajstić information content (AvgIpc) is 2.63. The van der Waals surface area contributed by atoms with Crippen LogP contribution in [0.5, 0.6) is 0 Å². The maximum absolute atomic E-state index is 11.9. The van der Waals surface area contributed by atoms with Crippen LogP contribution in [0.2, 0.25) is 0 Å². The minimum atomic E-state index is -4.28. The van der Waals surface area contributed by atoms with E-state index in [0.29, 0.717) is 0 Å². The molecule has 0 spiro atoms. The maximum Gasteiger partial charge on any atom is 0.389 e. The predicted octanol–water partition coefficient (Wildman–Crippen LogP) is 3.00. The van der Waals surface area contributed by atoms with Crippen molar-refractivity contribution in [2.45, 2.75) is 50.2 Å². The molecule has 0 unspecified atom stereocenters. The van der Waals surface area contributed by atoms with Crippen molar-refractivity contribution in [1.29, 1.82) is 0 Å². The predicted molar refractivity (Wildman–Crippen MR) is 55.4 cm³/mol. The SMILES string of the molecule is O=C(CCC(F)(F)F)NC1(CCl)CCCC1. The summed E-state index contributed by atoms with van der Waals surface area (Å²) in [4.78, 5) is 11.3. The summed E-state index contributed by atoms with van der Waals surface area (Å²) in [6.45, 7) is 0. The highest BCUT2D eigenvalue weighted by molar-refractivity contribution is 6.18. The lowest BCUT2D eigenvalue weighted by molar-refractivity contribution is -0.144. The zero-order valence-electron chi connectivity index (χ0n) is 8.87. The number of alkyl halides is 4. The lowest BCUT2D eigenvalue weighted by Crippen LogP contribution is -2.48. The van der Waals surface area contributed by atoms with E-state index in [1.807, 2.05) is 0 Å². The molecule has 0 aromatic heterocycles. The molecular weight excluding hydrogens is 243 g/mol. The van der Waals surface area contributed by atoms with Gasteiger partial charge in [0.15, 0.2) is 0 Å².